The van der Waals surface area contributed by atoms with Crippen LogP contribution in [0.5, 0.6) is 0 Å². The van der Waals surface area contributed by atoms with Crippen LogP contribution < -0.4 is 5.32 Å². The molecule has 1 unspecified atom stereocenters. The molecule has 0 spiro atoms. The van der Waals surface area contributed by atoms with Crippen LogP contribution in [0.1, 0.15) is 32.6 Å². The molecule has 0 aromatic rings. The normalized spacial score (nSPS) is 29.2. The average Bonchev–Trinajstić information content (AvgIpc) is 2.60. The summed E-state index contributed by atoms with van der Waals surface area (Å²) in [5.41, 5.74) is 0. The fraction of sp³-hybridized carbons (Fsp3) is 1.00. The lowest BCUT2D eigenvalue weighted by atomic mass is 10.2. The Morgan fingerprint density at radius 2 is 1.92 bits per heavy atom. The molecule has 72 valence electrons. The first kappa shape index (κ1) is 9.96. The molecule has 12 heavy (non-hydrogen) atoms. The lowest BCUT2D eigenvalue weighted by Gasteiger charge is -2.08. The summed E-state index contributed by atoms with van der Waals surface area (Å²) in [6, 6.07) is 0. The van der Waals surface area contributed by atoms with Gasteiger partial charge in [-0.3, -0.25) is 0 Å². The van der Waals surface area contributed by atoms with Gasteiger partial charge < -0.3 is 5.32 Å². The summed E-state index contributed by atoms with van der Waals surface area (Å²) in [6.45, 7) is 5.26. The zero-order valence-corrected chi connectivity index (χ0v) is 7.84. The van der Waals surface area contributed by atoms with E-state index in [0.29, 0.717) is 6.10 Å². The molecule has 1 N–H and O–H groups in total. The molecule has 0 saturated carbocycles. The standard InChI is InChI=1S/C5H11N.C4H8O2/c1-2-4-6-5-3-1;1-4-2-3-5-6-4/h6H,1-5H2;4H,2-3H2,1H3. The molecule has 0 amide bonds. The maximum atomic E-state index is 4.65. The molecular weight excluding hydrogens is 154 g/mol. The third-order valence-corrected chi connectivity index (χ3v) is 2.05. The number of rotatable bonds is 0. The highest BCUT2D eigenvalue weighted by Gasteiger charge is 2.09. The van der Waals surface area contributed by atoms with Gasteiger partial charge in [-0.1, -0.05) is 6.42 Å². The van der Waals surface area contributed by atoms with Gasteiger partial charge in [0.25, 0.3) is 0 Å². The molecule has 1 atom stereocenters. The average molecular weight is 173 g/mol. The van der Waals surface area contributed by atoms with Crippen molar-refractivity contribution in [2.45, 2.75) is 38.7 Å². The SMILES string of the molecule is C1CCNCC1.CC1CCOO1. The molecule has 2 saturated heterocycles. The summed E-state index contributed by atoms with van der Waals surface area (Å²) in [5, 5.41) is 3.28. The van der Waals surface area contributed by atoms with Crippen molar-refractivity contribution in [1.29, 1.82) is 0 Å². The Morgan fingerprint density at radius 3 is 2.08 bits per heavy atom. The molecule has 2 rings (SSSR count). The van der Waals surface area contributed by atoms with Gasteiger partial charge in [0, 0.05) is 6.42 Å². The fourth-order valence-corrected chi connectivity index (χ4v) is 1.23. The van der Waals surface area contributed by atoms with Crippen LogP contribution in [0.2, 0.25) is 0 Å². The minimum atomic E-state index is 0.324. The summed E-state index contributed by atoms with van der Waals surface area (Å²) in [4.78, 5) is 9.21. The predicted molar refractivity (Wildman–Crippen MR) is 47.8 cm³/mol. The lowest BCUT2D eigenvalue weighted by Crippen LogP contribution is -2.21. The predicted octanol–water partition coefficient (Wildman–Crippen LogP) is 1.49. The van der Waals surface area contributed by atoms with Gasteiger partial charge in [0.05, 0.1) is 12.7 Å². The summed E-state index contributed by atoms with van der Waals surface area (Å²) < 4.78 is 0. The van der Waals surface area contributed by atoms with Crippen LogP contribution in [0.3, 0.4) is 0 Å². The lowest BCUT2D eigenvalue weighted by molar-refractivity contribution is -0.270. The van der Waals surface area contributed by atoms with E-state index in [1.165, 1.54) is 32.4 Å². The largest absolute Gasteiger partial charge is 0.317 e. The number of nitrogens with one attached hydrogen (secondary N) is 1. The van der Waals surface area contributed by atoms with E-state index in [1.54, 1.807) is 0 Å². The van der Waals surface area contributed by atoms with Crippen LogP contribution >= 0.6 is 0 Å². The van der Waals surface area contributed by atoms with Crippen LogP contribution in [0.4, 0.5) is 0 Å². The Balaban J connectivity index is 0.000000120. The van der Waals surface area contributed by atoms with E-state index >= 15 is 0 Å². The quantitative estimate of drug-likeness (QED) is 0.563. The van der Waals surface area contributed by atoms with Gasteiger partial charge in [0.1, 0.15) is 0 Å². The van der Waals surface area contributed by atoms with Crippen LogP contribution in [-0.4, -0.2) is 25.8 Å². The molecule has 0 aromatic carbocycles. The molecule has 0 aliphatic carbocycles. The zero-order valence-electron chi connectivity index (χ0n) is 7.84. The van der Waals surface area contributed by atoms with Crippen molar-refractivity contribution in [3.05, 3.63) is 0 Å². The second-order valence-corrected chi connectivity index (χ2v) is 3.33. The third-order valence-electron chi connectivity index (χ3n) is 2.05. The van der Waals surface area contributed by atoms with E-state index in [0.717, 1.165) is 13.0 Å². The Hall–Kier alpha value is -0.120. The second kappa shape index (κ2) is 6.40. The number of hydrogen-bond donors (Lipinski definition) is 1. The number of hydrogen-bond acceptors (Lipinski definition) is 3. The van der Waals surface area contributed by atoms with Crippen LogP contribution in [0, 0.1) is 0 Å². The fourth-order valence-electron chi connectivity index (χ4n) is 1.23. The maximum absolute atomic E-state index is 4.65. The Kier molecular flexibility index (Phi) is 5.32. The second-order valence-electron chi connectivity index (χ2n) is 3.33. The molecule has 2 heterocycles. The van der Waals surface area contributed by atoms with Gasteiger partial charge in [-0.05, 0) is 32.9 Å². The Morgan fingerprint density at radius 1 is 1.17 bits per heavy atom. The van der Waals surface area contributed by atoms with Gasteiger partial charge in [-0.25, -0.2) is 9.78 Å². The minimum absolute atomic E-state index is 0.324. The highest BCUT2D eigenvalue weighted by Crippen LogP contribution is 2.05. The van der Waals surface area contributed by atoms with Crippen molar-refractivity contribution >= 4 is 0 Å². The highest BCUT2D eigenvalue weighted by molar-refractivity contribution is 4.55. The first-order valence-corrected chi connectivity index (χ1v) is 4.88. The van der Waals surface area contributed by atoms with Crippen LogP contribution in [-0.2, 0) is 9.78 Å². The van der Waals surface area contributed by atoms with Gasteiger partial charge in [-0.2, -0.15) is 0 Å². The topological polar surface area (TPSA) is 30.5 Å². The third kappa shape index (κ3) is 4.70. The van der Waals surface area contributed by atoms with E-state index in [9.17, 15) is 0 Å². The van der Waals surface area contributed by atoms with E-state index in [-0.39, 0.29) is 0 Å². The van der Waals surface area contributed by atoms with Gasteiger partial charge in [0.15, 0.2) is 0 Å². The summed E-state index contributed by atoms with van der Waals surface area (Å²) in [6.07, 6.45) is 5.58. The van der Waals surface area contributed by atoms with E-state index < -0.39 is 0 Å². The molecule has 2 aliphatic rings. The molecule has 3 heteroatoms. The molecule has 0 bridgehead atoms. The first-order valence-electron chi connectivity index (χ1n) is 4.88. The van der Waals surface area contributed by atoms with E-state index in [1.807, 2.05) is 6.92 Å². The number of piperidine rings is 1. The van der Waals surface area contributed by atoms with Crippen LogP contribution in [0.25, 0.3) is 0 Å². The summed E-state index contributed by atoms with van der Waals surface area (Å²) in [7, 11) is 0. The van der Waals surface area contributed by atoms with Crippen molar-refractivity contribution in [2.75, 3.05) is 19.7 Å². The Bertz CT molecular complexity index is 87.2. The van der Waals surface area contributed by atoms with Crippen molar-refractivity contribution in [3.8, 4) is 0 Å². The maximum Gasteiger partial charge on any atom is 0.0925 e. The van der Waals surface area contributed by atoms with Gasteiger partial charge in [-0.15, -0.1) is 0 Å². The smallest absolute Gasteiger partial charge is 0.0925 e. The van der Waals surface area contributed by atoms with E-state index in [4.69, 9.17) is 0 Å². The summed E-state index contributed by atoms with van der Waals surface area (Å²) >= 11 is 0. The zero-order chi connectivity index (χ0) is 8.65. The Labute approximate surface area is 74.4 Å². The highest BCUT2D eigenvalue weighted by atomic mass is 17.2. The molecule has 0 aromatic heterocycles. The van der Waals surface area contributed by atoms with Crippen molar-refractivity contribution in [2.24, 2.45) is 0 Å². The minimum Gasteiger partial charge on any atom is -0.317 e. The first-order chi connectivity index (χ1) is 5.89. The van der Waals surface area contributed by atoms with E-state index in [2.05, 4.69) is 15.1 Å². The van der Waals surface area contributed by atoms with Crippen molar-refractivity contribution in [1.82, 2.24) is 5.32 Å². The van der Waals surface area contributed by atoms with Crippen molar-refractivity contribution in [3.63, 3.8) is 0 Å². The molecule has 2 aliphatic heterocycles. The summed E-state index contributed by atoms with van der Waals surface area (Å²) in [5.74, 6) is 0. The monoisotopic (exact) mass is 173 g/mol. The molecular formula is C9H19NO2. The molecule has 3 nitrogen and oxygen atoms in total. The van der Waals surface area contributed by atoms with Crippen molar-refractivity contribution < 1.29 is 9.78 Å². The molecule has 2 fully saturated rings. The van der Waals surface area contributed by atoms with Gasteiger partial charge >= 0.3 is 0 Å². The van der Waals surface area contributed by atoms with Crippen LogP contribution in [0.15, 0.2) is 0 Å². The van der Waals surface area contributed by atoms with Gasteiger partial charge in [0.2, 0.25) is 0 Å². The molecule has 0 radical (unpaired) electrons.